The first kappa shape index (κ1) is 12.2. The van der Waals surface area contributed by atoms with E-state index in [4.69, 9.17) is 10.3 Å². The normalized spacial score (nSPS) is 12.6. The molecule has 0 aliphatic heterocycles. The van der Waals surface area contributed by atoms with Crippen molar-refractivity contribution in [3.05, 3.63) is 10.4 Å². The Morgan fingerprint density at radius 2 is 2.31 bits per heavy atom. The topological polar surface area (TPSA) is 61.2 Å². The molecule has 0 fully saturated rings. The van der Waals surface area contributed by atoms with Gasteiger partial charge in [-0.05, 0) is 19.0 Å². The maximum Gasteiger partial charge on any atom is 0.0615 e. The Morgan fingerprint density at radius 1 is 1.62 bits per heavy atom. The molecular formula is C8H18N4O. The highest BCUT2D eigenvalue weighted by Gasteiger charge is 2.09. The summed E-state index contributed by atoms with van der Waals surface area (Å²) in [7, 11) is 1.69. The summed E-state index contributed by atoms with van der Waals surface area (Å²) in [5.41, 5.74) is 8.11. The maximum absolute atomic E-state index is 8.11. The van der Waals surface area contributed by atoms with Crippen molar-refractivity contribution >= 4 is 0 Å². The maximum atomic E-state index is 8.11. The lowest BCUT2D eigenvalue weighted by molar-refractivity contribution is 0.105. The lowest BCUT2D eigenvalue weighted by atomic mass is 10.3. The van der Waals surface area contributed by atoms with Crippen LogP contribution in [0.5, 0.6) is 0 Å². The Labute approximate surface area is 79.3 Å². The molecule has 0 aromatic rings. The van der Waals surface area contributed by atoms with Crippen molar-refractivity contribution in [2.75, 3.05) is 33.4 Å². The molecule has 0 saturated heterocycles. The molecule has 0 aliphatic rings. The van der Waals surface area contributed by atoms with Crippen molar-refractivity contribution in [1.29, 1.82) is 0 Å². The highest BCUT2D eigenvalue weighted by atomic mass is 16.5. The third kappa shape index (κ3) is 5.47. The predicted molar refractivity (Wildman–Crippen MR) is 52.6 cm³/mol. The second-order valence-corrected chi connectivity index (χ2v) is 2.89. The molecule has 0 heterocycles. The van der Waals surface area contributed by atoms with Crippen LogP contribution in [0.25, 0.3) is 10.4 Å². The zero-order valence-corrected chi connectivity index (χ0v) is 8.60. The number of nitrogens with zero attached hydrogens (tertiary/aromatic N) is 4. The van der Waals surface area contributed by atoms with Gasteiger partial charge in [-0.15, -0.1) is 0 Å². The molecule has 0 spiro atoms. The van der Waals surface area contributed by atoms with Crippen molar-refractivity contribution in [3.63, 3.8) is 0 Å². The van der Waals surface area contributed by atoms with Gasteiger partial charge in [0, 0.05) is 31.2 Å². The standard InChI is InChI=1S/C8H18N4O/c1-4-12(6-5-10-11-9)8(2)7-13-3/h8H,4-7H2,1-3H3. The van der Waals surface area contributed by atoms with E-state index in [1.54, 1.807) is 7.11 Å². The first-order chi connectivity index (χ1) is 6.26. The minimum absolute atomic E-state index is 0.379. The third-order valence-electron chi connectivity index (χ3n) is 1.99. The molecule has 1 unspecified atom stereocenters. The Morgan fingerprint density at radius 3 is 2.77 bits per heavy atom. The van der Waals surface area contributed by atoms with Crippen molar-refractivity contribution in [2.24, 2.45) is 5.11 Å². The smallest absolute Gasteiger partial charge is 0.0615 e. The van der Waals surface area contributed by atoms with Crippen LogP contribution < -0.4 is 0 Å². The lowest BCUT2D eigenvalue weighted by Crippen LogP contribution is -2.37. The minimum atomic E-state index is 0.379. The van der Waals surface area contributed by atoms with E-state index in [2.05, 4.69) is 28.8 Å². The van der Waals surface area contributed by atoms with Gasteiger partial charge in [-0.1, -0.05) is 12.0 Å². The minimum Gasteiger partial charge on any atom is -0.383 e. The van der Waals surface area contributed by atoms with E-state index in [0.717, 1.165) is 13.1 Å². The molecule has 5 nitrogen and oxygen atoms in total. The van der Waals surface area contributed by atoms with Crippen LogP contribution in [0.2, 0.25) is 0 Å². The molecule has 0 amide bonds. The molecule has 0 aliphatic carbocycles. The molecule has 0 N–H and O–H groups in total. The SMILES string of the molecule is CCN(CCN=[N+]=[N-])C(C)COC. The average molecular weight is 186 g/mol. The molecule has 1 atom stereocenters. The first-order valence-corrected chi connectivity index (χ1v) is 4.50. The van der Waals surface area contributed by atoms with Crippen LogP contribution in [0, 0.1) is 0 Å². The van der Waals surface area contributed by atoms with Gasteiger partial charge in [0.2, 0.25) is 0 Å². The summed E-state index contributed by atoms with van der Waals surface area (Å²) in [4.78, 5) is 4.93. The van der Waals surface area contributed by atoms with E-state index < -0.39 is 0 Å². The van der Waals surface area contributed by atoms with Gasteiger partial charge < -0.3 is 4.74 Å². The van der Waals surface area contributed by atoms with E-state index in [1.165, 1.54) is 0 Å². The average Bonchev–Trinajstić information content (AvgIpc) is 2.13. The molecule has 0 radical (unpaired) electrons. The number of rotatable bonds is 7. The van der Waals surface area contributed by atoms with Crippen molar-refractivity contribution in [3.8, 4) is 0 Å². The third-order valence-corrected chi connectivity index (χ3v) is 1.99. The largest absolute Gasteiger partial charge is 0.383 e. The Bertz CT molecular complexity index is 168. The molecule has 0 bridgehead atoms. The number of hydrogen-bond acceptors (Lipinski definition) is 3. The van der Waals surface area contributed by atoms with Crippen LogP contribution in [0.3, 0.4) is 0 Å². The molecular weight excluding hydrogens is 168 g/mol. The van der Waals surface area contributed by atoms with Crippen molar-refractivity contribution < 1.29 is 4.74 Å². The summed E-state index contributed by atoms with van der Waals surface area (Å²) in [6.45, 7) is 7.17. The van der Waals surface area contributed by atoms with Crippen LogP contribution in [-0.4, -0.2) is 44.3 Å². The summed E-state index contributed by atoms with van der Waals surface area (Å²) in [6.07, 6.45) is 0. The van der Waals surface area contributed by atoms with Gasteiger partial charge in [-0.2, -0.15) is 0 Å². The van der Waals surface area contributed by atoms with Crippen LogP contribution >= 0.6 is 0 Å². The fourth-order valence-electron chi connectivity index (χ4n) is 1.25. The van der Waals surface area contributed by atoms with E-state index in [1.807, 2.05) is 0 Å². The summed E-state index contributed by atoms with van der Waals surface area (Å²) >= 11 is 0. The fourth-order valence-corrected chi connectivity index (χ4v) is 1.25. The number of ether oxygens (including phenoxy) is 1. The molecule has 0 aromatic carbocycles. The van der Waals surface area contributed by atoms with Crippen LogP contribution in [-0.2, 0) is 4.74 Å². The van der Waals surface area contributed by atoms with Gasteiger partial charge in [0.25, 0.3) is 0 Å². The highest BCUT2D eigenvalue weighted by Crippen LogP contribution is 1.98. The Hall–Kier alpha value is -0.770. The number of methoxy groups -OCH3 is 1. The van der Waals surface area contributed by atoms with Gasteiger partial charge >= 0.3 is 0 Å². The Kier molecular flexibility index (Phi) is 7.39. The first-order valence-electron chi connectivity index (χ1n) is 4.50. The second-order valence-electron chi connectivity index (χ2n) is 2.89. The molecule has 0 aromatic heterocycles. The monoisotopic (exact) mass is 186 g/mol. The van der Waals surface area contributed by atoms with Gasteiger partial charge in [0.05, 0.1) is 6.61 Å². The van der Waals surface area contributed by atoms with E-state index in [-0.39, 0.29) is 0 Å². The molecule has 5 heteroatoms. The zero-order valence-electron chi connectivity index (χ0n) is 8.60. The highest BCUT2D eigenvalue weighted by molar-refractivity contribution is 4.66. The quantitative estimate of drug-likeness (QED) is 0.345. The zero-order chi connectivity index (χ0) is 10.1. The van der Waals surface area contributed by atoms with Crippen LogP contribution in [0.4, 0.5) is 0 Å². The predicted octanol–water partition coefficient (Wildman–Crippen LogP) is 1.65. The second kappa shape index (κ2) is 7.86. The van der Waals surface area contributed by atoms with Gasteiger partial charge in [-0.3, -0.25) is 4.90 Å². The van der Waals surface area contributed by atoms with Gasteiger partial charge in [-0.25, -0.2) is 0 Å². The summed E-state index contributed by atoms with van der Waals surface area (Å²) in [5.74, 6) is 0. The Balaban J connectivity index is 3.78. The number of likely N-dealkylation sites (N-methyl/N-ethyl adjacent to an activating group) is 1. The molecule has 76 valence electrons. The lowest BCUT2D eigenvalue weighted by Gasteiger charge is -2.26. The van der Waals surface area contributed by atoms with Gasteiger partial charge in [0.1, 0.15) is 0 Å². The fraction of sp³-hybridized carbons (Fsp3) is 1.00. The summed E-state index contributed by atoms with van der Waals surface area (Å²) < 4.78 is 5.05. The number of hydrogen-bond donors (Lipinski definition) is 0. The van der Waals surface area contributed by atoms with E-state index in [0.29, 0.717) is 19.2 Å². The van der Waals surface area contributed by atoms with Crippen LogP contribution in [0.1, 0.15) is 13.8 Å². The molecule has 0 rings (SSSR count). The molecule has 0 saturated carbocycles. The van der Waals surface area contributed by atoms with Crippen molar-refractivity contribution in [2.45, 2.75) is 19.9 Å². The van der Waals surface area contributed by atoms with Crippen LogP contribution in [0.15, 0.2) is 5.11 Å². The van der Waals surface area contributed by atoms with E-state index in [9.17, 15) is 0 Å². The van der Waals surface area contributed by atoms with Crippen molar-refractivity contribution in [1.82, 2.24) is 4.90 Å². The number of azide groups is 1. The van der Waals surface area contributed by atoms with E-state index >= 15 is 0 Å². The van der Waals surface area contributed by atoms with Gasteiger partial charge in [0.15, 0.2) is 0 Å². The molecule has 13 heavy (non-hydrogen) atoms. The summed E-state index contributed by atoms with van der Waals surface area (Å²) in [6, 6.07) is 0.379. The summed E-state index contributed by atoms with van der Waals surface area (Å²) in [5, 5.41) is 3.50.